The first kappa shape index (κ1) is 13.4. The number of carbonyl (C=O) groups is 2. The van der Waals surface area contributed by atoms with E-state index in [-0.39, 0.29) is 11.4 Å². The Bertz CT molecular complexity index is 667. The van der Waals surface area contributed by atoms with E-state index in [9.17, 15) is 19.8 Å². The Morgan fingerprint density at radius 1 is 1.00 bits per heavy atom. The highest BCUT2D eigenvalue weighted by molar-refractivity contribution is 6.06. The largest absolute Gasteiger partial charge is 0.508 e. The first-order valence-corrected chi connectivity index (χ1v) is 5.64. The number of phenolic OH excluding ortho intramolecular Hbond substituents is 1. The van der Waals surface area contributed by atoms with Crippen LogP contribution >= 0.6 is 0 Å². The molecule has 0 radical (unpaired) electrons. The van der Waals surface area contributed by atoms with Crippen LogP contribution in [-0.4, -0.2) is 27.2 Å². The zero-order valence-electron chi connectivity index (χ0n) is 10.2. The fourth-order valence-electron chi connectivity index (χ4n) is 1.66. The molecule has 0 aliphatic rings. The molecular formula is C14H11NO5. The van der Waals surface area contributed by atoms with Crippen LogP contribution in [-0.2, 0) is 0 Å². The van der Waals surface area contributed by atoms with Crippen LogP contribution in [0.2, 0.25) is 0 Å². The van der Waals surface area contributed by atoms with Gasteiger partial charge in [0.2, 0.25) is 0 Å². The van der Waals surface area contributed by atoms with Crippen molar-refractivity contribution in [3.05, 3.63) is 53.6 Å². The molecule has 0 aromatic heterocycles. The first-order chi connectivity index (χ1) is 9.49. The zero-order valence-corrected chi connectivity index (χ0v) is 10.2. The number of carbonyl (C=O) groups excluding carboxylic acids is 1. The minimum absolute atomic E-state index is 0.170. The Morgan fingerprint density at radius 3 is 2.25 bits per heavy atom. The molecule has 0 saturated heterocycles. The summed E-state index contributed by atoms with van der Waals surface area (Å²) in [7, 11) is 0. The van der Waals surface area contributed by atoms with Gasteiger partial charge in [-0.15, -0.1) is 0 Å². The Labute approximate surface area is 113 Å². The summed E-state index contributed by atoms with van der Waals surface area (Å²) in [5.74, 6) is -2.92. The number of hydrogen-bond donors (Lipinski definition) is 4. The number of carboxylic acids is 1. The van der Waals surface area contributed by atoms with Gasteiger partial charge in [-0.1, -0.05) is 18.2 Å². The van der Waals surface area contributed by atoms with Crippen LogP contribution < -0.4 is 5.32 Å². The molecular weight excluding hydrogens is 262 g/mol. The third kappa shape index (κ3) is 2.69. The fourth-order valence-corrected chi connectivity index (χ4v) is 1.66. The number of anilines is 1. The molecule has 102 valence electrons. The number of benzene rings is 2. The Balaban J connectivity index is 2.35. The second-order valence-corrected chi connectivity index (χ2v) is 4.01. The van der Waals surface area contributed by atoms with Crippen LogP contribution in [0.1, 0.15) is 20.7 Å². The van der Waals surface area contributed by atoms with E-state index in [4.69, 9.17) is 5.11 Å². The highest BCUT2D eigenvalue weighted by Crippen LogP contribution is 2.32. The SMILES string of the molecule is O=C(Nc1cc(O)cc(C(=O)O)c1O)c1ccccc1. The summed E-state index contributed by atoms with van der Waals surface area (Å²) in [6.07, 6.45) is 0. The lowest BCUT2D eigenvalue weighted by Crippen LogP contribution is -2.12. The van der Waals surface area contributed by atoms with E-state index in [2.05, 4.69) is 5.32 Å². The van der Waals surface area contributed by atoms with Gasteiger partial charge in [-0.3, -0.25) is 4.79 Å². The number of hydrogen-bond acceptors (Lipinski definition) is 4. The van der Waals surface area contributed by atoms with Crippen molar-refractivity contribution in [1.29, 1.82) is 0 Å². The minimum Gasteiger partial charge on any atom is -0.508 e. The van der Waals surface area contributed by atoms with Crippen LogP contribution in [0.25, 0.3) is 0 Å². The van der Waals surface area contributed by atoms with Crippen molar-refractivity contribution in [2.75, 3.05) is 5.32 Å². The van der Waals surface area contributed by atoms with E-state index < -0.39 is 23.2 Å². The monoisotopic (exact) mass is 273 g/mol. The van der Waals surface area contributed by atoms with Gasteiger partial charge in [-0.2, -0.15) is 0 Å². The smallest absolute Gasteiger partial charge is 0.339 e. The molecule has 1 amide bonds. The van der Waals surface area contributed by atoms with Gasteiger partial charge >= 0.3 is 5.97 Å². The van der Waals surface area contributed by atoms with Gasteiger partial charge in [-0.05, 0) is 18.2 Å². The summed E-state index contributed by atoms with van der Waals surface area (Å²) >= 11 is 0. The maximum atomic E-state index is 11.9. The van der Waals surface area contributed by atoms with Crippen molar-refractivity contribution in [2.24, 2.45) is 0 Å². The summed E-state index contributed by atoms with van der Waals surface area (Å²) in [5, 5.41) is 30.4. The van der Waals surface area contributed by atoms with E-state index in [0.717, 1.165) is 12.1 Å². The number of carboxylic acid groups (broad SMARTS) is 1. The van der Waals surface area contributed by atoms with Gasteiger partial charge in [0, 0.05) is 11.6 Å². The summed E-state index contributed by atoms with van der Waals surface area (Å²) in [5.41, 5.74) is -0.322. The predicted molar refractivity (Wildman–Crippen MR) is 71.1 cm³/mol. The second-order valence-electron chi connectivity index (χ2n) is 4.01. The molecule has 0 fully saturated rings. The number of aromatic carboxylic acids is 1. The number of rotatable bonds is 3. The molecule has 0 atom stereocenters. The molecule has 2 aromatic carbocycles. The van der Waals surface area contributed by atoms with Crippen LogP contribution in [0.15, 0.2) is 42.5 Å². The molecule has 4 N–H and O–H groups in total. The van der Waals surface area contributed by atoms with Crippen LogP contribution in [0.3, 0.4) is 0 Å². The molecule has 0 unspecified atom stereocenters. The first-order valence-electron chi connectivity index (χ1n) is 5.64. The predicted octanol–water partition coefficient (Wildman–Crippen LogP) is 2.05. The molecule has 0 saturated carbocycles. The van der Waals surface area contributed by atoms with Gasteiger partial charge in [-0.25, -0.2) is 4.79 Å². The Morgan fingerprint density at radius 2 is 1.65 bits per heavy atom. The van der Waals surface area contributed by atoms with E-state index in [0.29, 0.717) is 5.56 Å². The molecule has 20 heavy (non-hydrogen) atoms. The second kappa shape index (κ2) is 5.31. The number of aromatic hydroxyl groups is 2. The highest BCUT2D eigenvalue weighted by Gasteiger charge is 2.17. The molecule has 2 aromatic rings. The van der Waals surface area contributed by atoms with E-state index in [1.165, 1.54) is 0 Å². The van der Waals surface area contributed by atoms with Crippen molar-refractivity contribution in [2.45, 2.75) is 0 Å². The maximum absolute atomic E-state index is 11.9. The van der Waals surface area contributed by atoms with Crippen molar-refractivity contribution < 1.29 is 24.9 Å². The van der Waals surface area contributed by atoms with Gasteiger partial charge in [0.25, 0.3) is 5.91 Å². The van der Waals surface area contributed by atoms with E-state index in [1.54, 1.807) is 30.3 Å². The number of amides is 1. The van der Waals surface area contributed by atoms with Crippen LogP contribution in [0, 0.1) is 0 Å². The summed E-state index contributed by atoms with van der Waals surface area (Å²) in [6, 6.07) is 10.2. The van der Waals surface area contributed by atoms with Gasteiger partial charge in [0.1, 0.15) is 11.3 Å². The van der Waals surface area contributed by atoms with Crippen LogP contribution in [0.4, 0.5) is 5.69 Å². The molecule has 0 aliphatic carbocycles. The topological polar surface area (TPSA) is 107 Å². The Hall–Kier alpha value is -3.02. The van der Waals surface area contributed by atoms with E-state index >= 15 is 0 Å². The number of nitrogens with one attached hydrogen (secondary N) is 1. The molecule has 0 heterocycles. The standard InChI is InChI=1S/C14H11NO5/c16-9-6-10(14(19)20)12(17)11(7-9)15-13(18)8-4-2-1-3-5-8/h1-7,16-17H,(H,15,18)(H,19,20). The normalized spacial score (nSPS) is 10.0. The fraction of sp³-hybridized carbons (Fsp3) is 0. The zero-order chi connectivity index (χ0) is 14.7. The summed E-state index contributed by atoms with van der Waals surface area (Å²) in [6.45, 7) is 0. The maximum Gasteiger partial charge on any atom is 0.339 e. The van der Waals surface area contributed by atoms with Crippen molar-refractivity contribution in [3.63, 3.8) is 0 Å². The third-order valence-electron chi connectivity index (χ3n) is 2.61. The van der Waals surface area contributed by atoms with Gasteiger partial charge in [0.15, 0.2) is 5.75 Å². The van der Waals surface area contributed by atoms with Gasteiger partial charge in [0.05, 0.1) is 5.69 Å². The minimum atomic E-state index is -1.41. The molecule has 0 spiro atoms. The summed E-state index contributed by atoms with van der Waals surface area (Å²) < 4.78 is 0. The molecule has 6 heteroatoms. The summed E-state index contributed by atoms with van der Waals surface area (Å²) in [4.78, 5) is 22.8. The van der Waals surface area contributed by atoms with Crippen molar-refractivity contribution in [3.8, 4) is 11.5 Å². The van der Waals surface area contributed by atoms with E-state index in [1.807, 2.05) is 0 Å². The van der Waals surface area contributed by atoms with Crippen molar-refractivity contribution in [1.82, 2.24) is 0 Å². The lowest BCUT2D eigenvalue weighted by molar-refractivity contribution is 0.0693. The van der Waals surface area contributed by atoms with Crippen molar-refractivity contribution >= 4 is 17.6 Å². The number of phenols is 2. The average molecular weight is 273 g/mol. The van der Waals surface area contributed by atoms with Crippen LogP contribution in [0.5, 0.6) is 11.5 Å². The van der Waals surface area contributed by atoms with Gasteiger partial charge < -0.3 is 20.6 Å². The quantitative estimate of drug-likeness (QED) is 0.505. The molecule has 0 bridgehead atoms. The molecule has 6 nitrogen and oxygen atoms in total. The molecule has 0 aliphatic heterocycles. The highest BCUT2D eigenvalue weighted by atomic mass is 16.4. The lowest BCUT2D eigenvalue weighted by atomic mass is 10.1. The average Bonchev–Trinajstić information content (AvgIpc) is 2.43. The lowest BCUT2D eigenvalue weighted by Gasteiger charge is -2.10. The molecule has 2 rings (SSSR count). The third-order valence-corrected chi connectivity index (χ3v) is 2.61. The Kier molecular flexibility index (Phi) is 3.56.